The van der Waals surface area contributed by atoms with Crippen LogP contribution < -0.4 is 0 Å². The van der Waals surface area contributed by atoms with Gasteiger partial charge in [-0.1, -0.05) is 60.6 Å². The zero-order valence-electron chi connectivity index (χ0n) is 32.4. The molecule has 0 amide bonds. The quantitative estimate of drug-likeness (QED) is 0.189. The molecule has 8 heteroatoms. The molecule has 1 spiro atoms. The Kier molecular flexibility index (Phi) is 10.0. The van der Waals surface area contributed by atoms with Crippen molar-refractivity contribution in [3.8, 4) is 0 Å². The van der Waals surface area contributed by atoms with E-state index in [0.29, 0.717) is 35.8 Å². The fourth-order valence-electron chi connectivity index (χ4n) is 12.5. The number of aliphatic hydroxyl groups excluding tert-OH is 3. The van der Waals surface area contributed by atoms with Gasteiger partial charge in [-0.25, -0.2) is 9.59 Å². The third-order valence-corrected chi connectivity index (χ3v) is 15.0. The summed E-state index contributed by atoms with van der Waals surface area (Å²) in [4.78, 5) is 26.7. The van der Waals surface area contributed by atoms with Crippen molar-refractivity contribution < 1.29 is 39.1 Å². The monoisotopic (exact) mass is 686 g/mol. The molecule has 278 valence electrons. The molecule has 5 aliphatic rings. The van der Waals surface area contributed by atoms with Crippen LogP contribution in [0, 0.1) is 50.7 Å². The number of aliphatic hydroxyl groups is 3. The zero-order chi connectivity index (χ0) is 36.7. The number of esters is 2. The minimum Gasteiger partial charge on any atom is -0.455 e. The van der Waals surface area contributed by atoms with E-state index >= 15 is 0 Å². The molecular formula is C41H66O8. The lowest BCUT2D eigenvalue weighted by molar-refractivity contribution is -0.263. The molecule has 0 aromatic rings. The van der Waals surface area contributed by atoms with Crippen LogP contribution in [0.2, 0.25) is 0 Å². The molecule has 4 unspecified atom stereocenters. The highest BCUT2D eigenvalue weighted by molar-refractivity contribution is 5.88. The van der Waals surface area contributed by atoms with E-state index in [1.54, 1.807) is 46.8 Å². The van der Waals surface area contributed by atoms with E-state index in [-0.39, 0.29) is 39.6 Å². The fraction of sp³-hybridized carbons (Fsp3) is 0.854. The lowest BCUT2D eigenvalue weighted by atomic mass is 9.35. The van der Waals surface area contributed by atoms with Crippen LogP contribution in [0.5, 0.6) is 0 Å². The third-order valence-electron chi connectivity index (χ3n) is 15.0. The van der Waals surface area contributed by atoms with Crippen LogP contribution in [-0.4, -0.2) is 63.6 Å². The second-order valence-corrected chi connectivity index (χ2v) is 19.0. The lowest BCUT2D eigenvalue weighted by Crippen LogP contribution is -2.71. The van der Waals surface area contributed by atoms with Crippen molar-refractivity contribution in [1.29, 1.82) is 0 Å². The largest absolute Gasteiger partial charge is 0.455 e. The first-order valence-corrected chi connectivity index (χ1v) is 19.0. The van der Waals surface area contributed by atoms with Gasteiger partial charge in [0.05, 0.1) is 23.2 Å². The van der Waals surface area contributed by atoms with Gasteiger partial charge in [0.15, 0.2) is 12.4 Å². The summed E-state index contributed by atoms with van der Waals surface area (Å²) in [6.07, 6.45) is 4.71. The molecule has 1 saturated heterocycles. The Morgan fingerprint density at radius 1 is 0.816 bits per heavy atom. The van der Waals surface area contributed by atoms with E-state index in [2.05, 4.69) is 48.5 Å². The number of rotatable bonds is 7. The molecule has 0 aromatic heterocycles. The van der Waals surface area contributed by atoms with Crippen molar-refractivity contribution in [3.63, 3.8) is 0 Å². The molecule has 2 bridgehead atoms. The number of carbonyl (C=O) groups is 2. The number of allylic oxidation sites excluding steroid dienone is 2. The molecule has 0 aromatic carbocycles. The van der Waals surface area contributed by atoms with E-state index in [0.717, 1.165) is 38.5 Å². The summed E-state index contributed by atoms with van der Waals surface area (Å²) in [7, 11) is 0. The molecule has 3 N–H and O–H groups in total. The van der Waals surface area contributed by atoms with Crippen molar-refractivity contribution >= 4 is 11.9 Å². The first-order chi connectivity index (χ1) is 22.6. The highest BCUT2D eigenvalue weighted by atomic mass is 16.6. The molecule has 1 heterocycles. The Hall–Kier alpha value is -1.74. The third kappa shape index (κ3) is 5.68. The van der Waals surface area contributed by atoms with E-state index in [1.807, 2.05) is 0 Å². The van der Waals surface area contributed by atoms with Crippen molar-refractivity contribution in [2.45, 2.75) is 171 Å². The smallest absolute Gasteiger partial charge is 0.333 e. The number of fused-ring (bicyclic) bond motifs is 5. The molecule has 8 nitrogen and oxygen atoms in total. The zero-order valence-corrected chi connectivity index (χ0v) is 32.4. The first-order valence-electron chi connectivity index (χ1n) is 19.0. The Labute approximate surface area is 295 Å². The van der Waals surface area contributed by atoms with Crippen LogP contribution in [0.25, 0.3) is 0 Å². The summed E-state index contributed by atoms with van der Waals surface area (Å²) < 4.78 is 19.3. The Morgan fingerprint density at radius 3 is 1.92 bits per heavy atom. The highest BCUT2D eigenvalue weighted by Crippen LogP contribution is 2.76. The van der Waals surface area contributed by atoms with Gasteiger partial charge in [0, 0.05) is 17.1 Å². The average molecular weight is 687 g/mol. The van der Waals surface area contributed by atoms with E-state index in [4.69, 9.17) is 14.2 Å². The van der Waals surface area contributed by atoms with Crippen molar-refractivity contribution in [2.75, 3.05) is 0 Å². The van der Waals surface area contributed by atoms with Crippen LogP contribution in [0.3, 0.4) is 0 Å². The second-order valence-electron chi connectivity index (χ2n) is 19.0. The van der Waals surface area contributed by atoms with E-state index in [1.165, 1.54) is 0 Å². The van der Waals surface area contributed by atoms with Gasteiger partial charge in [-0.2, -0.15) is 0 Å². The minimum absolute atomic E-state index is 0.0308. The molecule has 49 heavy (non-hydrogen) atoms. The first kappa shape index (κ1) is 38.5. The van der Waals surface area contributed by atoms with Gasteiger partial charge in [-0.3, -0.25) is 0 Å². The van der Waals surface area contributed by atoms with Gasteiger partial charge in [0.2, 0.25) is 0 Å². The Bertz CT molecular complexity index is 1360. The number of hydrogen-bond donors (Lipinski definition) is 3. The van der Waals surface area contributed by atoms with Crippen LogP contribution in [0.1, 0.15) is 134 Å². The summed E-state index contributed by atoms with van der Waals surface area (Å²) in [6.45, 7) is 24.4. The molecular weight excluding hydrogens is 620 g/mol. The summed E-state index contributed by atoms with van der Waals surface area (Å²) in [5.74, 6) is -0.785. The normalized spacial score (nSPS) is 44.6. The molecule has 4 aliphatic carbocycles. The number of hydrogen-bond acceptors (Lipinski definition) is 8. The average Bonchev–Trinajstić information content (AvgIpc) is 3.17. The highest BCUT2D eigenvalue weighted by Gasteiger charge is 2.80. The minimum atomic E-state index is -1.44. The summed E-state index contributed by atoms with van der Waals surface area (Å²) >= 11 is 0. The Morgan fingerprint density at radius 2 is 1.35 bits per heavy atom. The fourth-order valence-corrected chi connectivity index (χ4v) is 12.5. The number of ether oxygens (including phenoxy) is 3. The topological polar surface area (TPSA) is 123 Å². The maximum Gasteiger partial charge on any atom is 0.333 e. The molecule has 1 aliphatic heterocycles. The van der Waals surface area contributed by atoms with Gasteiger partial charge in [0.1, 0.15) is 6.10 Å². The van der Waals surface area contributed by atoms with Gasteiger partial charge in [0.25, 0.3) is 0 Å². The lowest BCUT2D eigenvalue weighted by Gasteiger charge is -2.70. The second kappa shape index (κ2) is 12.7. The van der Waals surface area contributed by atoms with E-state index in [9.17, 15) is 24.9 Å². The van der Waals surface area contributed by atoms with Crippen LogP contribution in [-0.2, 0) is 23.8 Å². The van der Waals surface area contributed by atoms with Gasteiger partial charge >= 0.3 is 11.9 Å². The van der Waals surface area contributed by atoms with E-state index < -0.39 is 47.6 Å². The van der Waals surface area contributed by atoms with Gasteiger partial charge < -0.3 is 29.5 Å². The van der Waals surface area contributed by atoms with Crippen molar-refractivity contribution in [2.24, 2.45) is 50.7 Å². The van der Waals surface area contributed by atoms with Crippen LogP contribution in [0.4, 0.5) is 0 Å². The summed E-state index contributed by atoms with van der Waals surface area (Å²) in [5, 5.41) is 36.2. The molecule has 4 saturated carbocycles. The van der Waals surface area contributed by atoms with Gasteiger partial charge in [-0.15, -0.1) is 0 Å². The van der Waals surface area contributed by atoms with Crippen LogP contribution >= 0.6 is 0 Å². The van der Waals surface area contributed by atoms with Crippen molar-refractivity contribution in [3.05, 3.63) is 23.3 Å². The molecule has 5 fully saturated rings. The number of carbonyl (C=O) groups excluding carboxylic acids is 2. The summed E-state index contributed by atoms with van der Waals surface area (Å²) in [6, 6.07) is 0. The predicted octanol–water partition coefficient (Wildman–Crippen LogP) is 7.28. The van der Waals surface area contributed by atoms with Crippen molar-refractivity contribution in [1.82, 2.24) is 0 Å². The van der Waals surface area contributed by atoms with Crippen LogP contribution in [0.15, 0.2) is 23.3 Å². The Balaban J connectivity index is 1.65. The SMILES string of the molecule is C/C=C(/C)C(=O)O[C@H](C)[C@H](OC(=O)/C(C)=C\C)[C@@]12C(CC(C)(C)C)[C@]3(CCC4[C@@]5(C)CC[C@H](O)C(C)(C)C5CC[C@@]4(C)C3C[C@H]1O)O[C@@H]2O. The molecule has 0 radical (unpaired) electrons. The standard InChI is InChI=1S/C41H66O8/c1-13-23(3)33(44)47-25(5)32(48-34(45)24(4)14-2)41-29(22-36(6,7)8)40(49-35(41)46)20-16-27-38(11)19-17-30(42)37(9,10)26(38)15-18-39(27,12)28(40)21-31(41)43/h13-14,25-32,35,42-43,46H,15-22H2,1-12H3/b23-13-,24-14-/t25-,26?,27?,28?,29?,30+,31-,32+,35+,38+,39-,40-,41-/m1/s1. The maximum atomic E-state index is 13.6. The maximum absolute atomic E-state index is 13.6. The predicted molar refractivity (Wildman–Crippen MR) is 189 cm³/mol. The molecule has 13 atom stereocenters. The summed E-state index contributed by atoms with van der Waals surface area (Å²) in [5.41, 5.74) is -1.94. The molecule has 5 rings (SSSR count). The van der Waals surface area contributed by atoms with Gasteiger partial charge in [-0.05, 0) is 125 Å².